The summed E-state index contributed by atoms with van der Waals surface area (Å²) in [5, 5.41) is 23.2. The Hall–Kier alpha value is -3.63. The molecule has 1 aliphatic heterocycles. The van der Waals surface area contributed by atoms with Crippen LogP contribution in [0.5, 0.6) is 5.75 Å². The number of nitrogens with one attached hydrogen (secondary N) is 1. The number of pyridine rings is 1. The number of nitrogens with zero attached hydrogens (tertiary/aromatic N) is 6. The third-order valence-corrected chi connectivity index (χ3v) is 7.79. The SMILES string of the molecule is CC(C)N1Cc2cc(OCC(F)(F)F)c(C(=O)Nc3cccc(-c4nnnn4C(C)CO)n3)cc2S1(=O)=O. The molecule has 3 aromatic rings. The predicted molar refractivity (Wildman–Crippen MR) is 127 cm³/mol. The van der Waals surface area contributed by atoms with Gasteiger partial charge in [-0.05, 0) is 61.0 Å². The van der Waals surface area contributed by atoms with Crippen LogP contribution in [0.3, 0.4) is 0 Å². The molecule has 1 aliphatic rings. The lowest BCUT2D eigenvalue weighted by Crippen LogP contribution is -2.31. The summed E-state index contributed by atoms with van der Waals surface area (Å²) in [4.78, 5) is 17.3. The zero-order valence-corrected chi connectivity index (χ0v) is 21.3. The number of aliphatic hydroxyl groups excluding tert-OH is 1. The van der Waals surface area contributed by atoms with Gasteiger partial charge in [0.25, 0.3) is 5.91 Å². The molecule has 0 bridgehead atoms. The molecule has 16 heteroatoms. The van der Waals surface area contributed by atoms with Crippen LogP contribution >= 0.6 is 0 Å². The number of amides is 1. The summed E-state index contributed by atoms with van der Waals surface area (Å²) in [5.74, 6) is -1.16. The van der Waals surface area contributed by atoms with Crippen LogP contribution in [0.2, 0.25) is 0 Å². The van der Waals surface area contributed by atoms with Crippen molar-refractivity contribution in [3.05, 3.63) is 41.5 Å². The highest BCUT2D eigenvalue weighted by Crippen LogP contribution is 2.37. The molecule has 38 heavy (non-hydrogen) atoms. The summed E-state index contributed by atoms with van der Waals surface area (Å²) in [5.41, 5.74) is 0.0521. The van der Waals surface area contributed by atoms with E-state index in [0.717, 1.165) is 12.1 Å². The van der Waals surface area contributed by atoms with Crippen LogP contribution in [0, 0.1) is 0 Å². The Morgan fingerprint density at radius 2 is 1.97 bits per heavy atom. The zero-order valence-electron chi connectivity index (χ0n) is 20.5. The van der Waals surface area contributed by atoms with E-state index in [4.69, 9.17) is 4.74 Å². The second-order valence-electron chi connectivity index (χ2n) is 8.84. The largest absolute Gasteiger partial charge is 0.483 e. The average molecular weight is 556 g/mol. The molecule has 204 valence electrons. The van der Waals surface area contributed by atoms with Gasteiger partial charge in [0.2, 0.25) is 15.8 Å². The topological polar surface area (TPSA) is 152 Å². The smallest absolute Gasteiger partial charge is 0.422 e. The number of hydrogen-bond donors (Lipinski definition) is 2. The highest BCUT2D eigenvalue weighted by molar-refractivity contribution is 7.89. The van der Waals surface area contributed by atoms with Crippen LogP contribution in [0.4, 0.5) is 19.0 Å². The van der Waals surface area contributed by atoms with Gasteiger partial charge in [-0.2, -0.15) is 17.5 Å². The number of ether oxygens (including phenoxy) is 1. The summed E-state index contributed by atoms with van der Waals surface area (Å²) in [7, 11) is -3.97. The van der Waals surface area contributed by atoms with E-state index in [1.54, 1.807) is 26.8 Å². The molecule has 12 nitrogen and oxygen atoms in total. The quantitative estimate of drug-likeness (QED) is 0.427. The van der Waals surface area contributed by atoms with Crippen molar-refractivity contribution in [2.24, 2.45) is 0 Å². The third kappa shape index (κ3) is 5.46. The maximum Gasteiger partial charge on any atom is 0.422 e. The van der Waals surface area contributed by atoms with Crippen LogP contribution in [0.1, 0.15) is 42.7 Å². The molecule has 1 aromatic carbocycles. The van der Waals surface area contributed by atoms with E-state index in [9.17, 15) is 31.5 Å². The lowest BCUT2D eigenvalue weighted by Gasteiger charge is -2.18. The minimum Gasteiger partial charge on any atom is -0.483 e. The molecule has 2 N–H and O–H groups in total. The molecule has 1 amide bonds. The van der Waals surface area contributed by atoms with E-state index in [1.165, 1.54) is 21.1 Å². The minimum atomic E-state index is -4.69. The molecular formula is C22H24F3N7O5S. The number of aliphatic hydroxyl groups is 1. The van der Waals surface area contributed by atoms with E-state index >= 15 is 0 Å². The van der Waals surface area contributed by atoms with Gasteiger partial charge in [0.05, 0.1) is 23.1 Å². The lowest BCUT2D eigenvalue weighted by atomic mass is 10.1. The second-order valence-corrected chi connectivity index (χ2v) is 10.7. The number of aromatic nitrogens is 5. The van der Waals surface area contributed by atoms with Crippen molar-refractivity contribution < 1.29 is 36.2 Å². The Bertz CT molecular complexity index is 1460. The molecule has 0 fully saturated rings. The van der Waals surface area contributed by atoms with Gasteiger partial charge in [0, 0.05) is 12.6 Å². The first-order valence-corrected chi connectivity index (χ1v) is 12.8. The molecule has 0 saturated heterocycles. The zero-order chi connectivity index (χ0) is 27.8. The number of rotatable bonds is 8. The standard InChI is InChI=1S/C22H24F3N7O5S/c1-12(2)31-9-14-7-17(37-11-22(23,24)25)15(8-18(14)38(31,35)36)21(34)27-19-6-4-5-16(26-19)20-28-29-30-32(20)13(3)10-33/h4-8,12-13,33H,9-11H2,1-3H3,(H,26,27,34). The summed E-state index contributed by atoms with van der Waals surface area (Å²) in [6.07, 6.45) is -4.69. The average Bonchev–Trinajstić information content (AvgIpc) is 3.44. The van der Waals surface area contributed by atoms with E-state index in [2.05, 4.69) is 25.8 Å². The fourth-order valence-corrected chi connectivity index (χ4v) is 5.65. The van der Waals surface area contributed by atoms with Crippen LogP contribution in [-0.2, 0) is 16.6 Å². The van der Waals surface area contributed by atoms with E-state index in [1.807, 2.05) is 0 Å². The highest BCUT2D eigenvalue weighted by atomic mass is 32.2. The Morgan fingerprint density at radius 3 is 2.63 bits per heavy atom. The van der Waals surface area contributed by atoms with E-state index in [-0.39, 0.29) is 40.9 Å². The Morgan fingerprint density at radius 1 is 1.24 bits per heavy atom. The van der Waals surface area contributed by atoms with Crippen molar-refractivity contribution in [2.75, 3.05) is 18.5 Å². The van der Waals surface area contributed by atoms with Gasteiger partial charge in [-0.15, -0.1) is 5.10 Å². The number of fused-ring (bicyclic) bond motifs is 1. The lowest BCUT2D eigenvalue weighted by molar-refractivity contribution is -0.153. The number of tetrazole rings is 1. The molecule has 0 spiro atoms. The molecular weight excluding hydrogens is 531 g/mol. The predicted octanol–water partition coefficient (Wildman–Crippen LogP) is 2.39. The molecule has 4 rings (SSSR count). The fourth-order valence-electron chi connectivity index (χ4n) is 3.81. The van der Waals surface area contributed by atoms with Gasteiger partial charge in [0.15, 0.2) is 6.61 Å². The second kappa shape index (κ2) is 10.3. The van der Waals surface area contributed by atoms with Crippen molar-refractivity contribution in [3.8, 4) is 17.3 Å². The Balaban J connectivity index is 1.69. The number of sulfonamides is 1. The normalized spacial score (nSPS) is 15.9. The van der Waals surface area contributed by atoms with Gasteiger partial charge >= 0.3 is 6.18 Å². The first-order valence-electron chi connectivity index (χ1n) is 11.4. The molecule has 3 heterocycles. The maximum absolute atomic E-state index is 13.2. The first-order chi connectivity index (χ1) is 17.8. The first kappa shape index (κ1) is 27.4. The van der Waals surface area contributed by atoms with Crippen LogP contribution in [0.25, 0.3) is 11.5 Å². The molecule has 2 aromatic heterocycles. The van der Waals surface area contributed by atoms with E-state index in [0.29, 0.717) is 0 Å². The number of carbonyl (C=O) groups excluding carboxylic acids is 1. The summed E-state index contributed by atoms with van der Waals surface area (Å²) < 4.78 is 72.1. The van der Waals surface area contributed by atoms with Gasteiger partial charge in [0.1, 0.15) is 17.3 Å². The van der Waals surface area contributed by atoms with Crippen molar-refractivity contribution in [1.29, 1.82) is 0 Å². The van der Waals surface area contributed by atoms with Gasteiger partial charge < -0.3 is 15.2 Å². The third-order valence-electron chi connectivity index (χ3n) is 5.68. The van der Waals surface area contributed by atoms with Crippen molar-refractivity contribution in [2.45, 2.75) is 50.5 Å². The maximum atomic E-state index is 13.2. The summed E-state index contributed by atoms with van der Waals surface area (Å²) in [6, 6.07) is 5.79. The van der Waals surface area contributed by atoms with Gasteiger partial charge in [-0.25, -0.2) is 18.1 Å². The summed E-state index contributed by atoms with van der Waals surface area (Å²) in [6.45, 7) is 3.01. The van der Waals surface area contributed by atoms with Gasteiger partial charge in [-0.3, -0.25) is 4.79 Å². The molecule has 1 unspecified atom stereocenters. The monoisotopic (exact) mass is 555 g/mol. The van der Waals surface area contributed by atoms with Gasteiger partial charge in [-0.1, -0.05) is 6.07 Å². The molecule has 1 atom stereocenters. The molecule has 0 radical (unpaired) electrons. The molecule has 0 saturated carbocycles. The Labute approximate surface area is 215 Å². The van der Waals surface area contributed by atoms with Crippen LogP contribution in [0.15, 0.2) is 35.2 Å². The number of hydrogen-bond acceptors (Lipinski definition) is 9. The van der Waals surface area contributed by atoms with E-state index < -0.39 is 52.1 Å². The van der Waals surface area contributed by atoms with Crippen LogP contribution < -0.4 is 10.1 Å². The number of anilines is 1. The fraction of sp³-hybridized carbons (Fsp3) is 0.409. The highest BCUT2D eigenvalue weighted by Gasteiger charge is 2.38. The number of alkyl halides is 3. The number of carbonyl (C=O) groups is 1. The van der Waals surface area contributed by atoms with Crippen molar-refractivity contribution in [1.82, 2.24) is 29.5 Å². The van der Waals surface area contributed by atoms with Crippen molar-refractivity contribution in [3.63, 3.8) is 0 Å². The number of benzene rings is 1. The summed E-state index contributed by atoms with van der Waals surface area (Å²) >= 11 is 0. The molecule has 0 aliphatic carbocycles. The van der Waals surface area contributed by atoms with Crippen molar-refractivity contribution >= 4 is 21.7 Å². The van der Waals surface area contributed by atoms with Crippen LogP contribution in [-0.4, -0.2) is 74.4 Å². The minimum absolute atomic E-state index is 0.00682. The Kier molecular flexibility index (Phi) is 7.40. The number of halogens is 3.